The summed E-state index contributed by atoms with van der Waals surface area (Å²) in [6, 6.07) is 1.70. The van der Waals surface area contributed by atoms with E-state index in [1.54, 1.807) is 6.07 Å². The van der Waals surface area contributed by atoms with Crippen molar-refractivity contribution in [2.45, 2.75) is 12.0 Å². The summed E-state index contributed by atoms with van der Waals surface area (Å²) >= 11 is 3.37. The average molecular weight is 376 g/mol. The minimum atomic E-state index is -3.34. The van der Waals surface area contributed by atoms with Gasteiger partial charge in [0.1, 0.15) is 17.4 Å². The summed E-state index contributed by atoms with van der Waals surface area (Å²) in [5, 5.41) is 15.0. The van der Waals surface area contributed by atoms with E-state index < -0.39 is 15.6 Å². The van der Waals surface area contributed by atoms with Crippen molar-refractivity contribution in [1.82, 2.24) is 18.9 Å². The number of anilines is 1. The molecular weight excluding hydrogens is 362 g/mol. The lowest BCUT2D eigenvalue weighted by molar-refractivity contribution is 0.0468. The first kappa shape index (κ1) is 14.7. The molecule has 1 aliphatic heterocycles. The Labute approximate surface area is 129 Å². The fourth-order valence-corrected chi connectivity index (χ4v) is 4.06. The van der Waals surface area contributed by atoms with Gasteiger partial charge in [0.2, 0.25) is 10.0 Å². The van der Waals surface area contributed by atoms with Gasteiger partial charge in [-0.1, -0.05) is 0 Å². The number of rotatable bonds is 2. The van der Waals surface area contributed by atoms with E-state index in [2.05, 4.69) is 26.0 Å². The van der Waals surface area contributed by atoms with Gasteiger partial charge < -0.3 is 10.8 Å². The van der Waals surface area contributed by atoms with Crippen molar-refractivity contribution < 1.29 is 13.5 Å². The number of halogens is 1. The maximum atomic E-state index is 11.6. The van der Waals surface area contributed by atoms with Crippen LogP contribution in [0.4, 0.5) is 5.82 Å². The lowest BCUT2D eigenvalue weighted by Gasteiger charge is -2.22. The monoisotopic (exact) mass is 375 g/mol. The van der Waals surface area contributed by atoms with Crippen LogP contribution in [0.15, 0.2) is 16.9 Å². The summed E-state index contributed by atoms with van der Waals surface area (Å²) in [4.78, 5) is 3.91. The fourth-order valence-electron chi connectivity index (χ4n) is 2.61. The number of nitrogens with zero attached hydrogens (tertiary/aromatic N) is 4. The van der Waals surface area contributed by atoms with Crippen molar-refractivity contribution >= 4 is 37.3 Å². The zero-order valence-corrected chi connectivity index (χ0v) is 13.6. The van der Waals surface area contributed by atoms with Crippen LogP contribution in [0.5, 0.6) is 0 Å². The van der Waals surface area contributed by atoms with Crippen molar-refractivity contribution in [2.24, 2.45) is 0 Å². The maximum absolute atomic E-state index is 11.6. The topological polar surface area (TPSA) is 114 Å². The molecule has 0 radical (unpaired) electrons. The molecule has 1 fully saturated rings. The molecule has 1 atom stereocenters. The number of aliphatic hydroxyl groups is 1. The number of hydrogen-bond donors (Lipinski definition) is 2. The molecule has 3 heterocycles. The molecule has 0 bridgehead atoms. The molecule has 2 aromatic rings. The third kappa shape index (κ3) is 2.31. The van der Waals surface area contributed by atoms with Crippen molar-refractivity contribution in [2.75, 3.05) is 25.1 Å². The molecule has 0 aliphatic carbocycles. The summed E-state index contributed by atoms with van der Waals surface area (Å²) < 4.78 is 26.7. The first-order valence-corrected chi connectivity index (χ1v) is 8.82. The Morgan fingerprint density at radius 3 is 2.86 bits per heavy atom. The predicted molar refractivity (Wildman–Crippen MR) is 80.0 cm³/mol. The summed E-state index contributed by atoms with van der Waals surface area (Å²) in [5.41, 5.74) is 5.56. The van der Waals surface area contributed by atoms with Crippen LogP contribution in [0.3, 0.4) is 0 Å². The third-order valence-electron chi connectivity index (χ3n) is 3.69. The molecule has 8 nitrogen and oxygen atoms in total. The molecule has 3 rings (SSSR count). The minimum absolute atomic E-state index is 0.00566. The van der Waals surface area contributed by atoms with E-state index in [4.69, 9.17) is 5.73 Å². The van der Waals surface area contributed by atoms with Gasteiger partial charge in [0, 0.05) is 17.6 Å². The lowest BCUT2D eigenvalue weighted by atomic mass is 9.99. The molecule has 1 saturated heterocycles. The Morgan fingerprint density at radius 2 is 2.24 bits per heavy atom. The zero-order valence-electron chi connectivity index (χ0n) is 11.2. The summed E-state index contributed by atoms with van der Waals surface area (Å²) in [5.74, 6) is 0.282. The third-order valence-corrected chi connectivity index (χ3v) is 5.55. The van der Waals surface area contributed by atoms with Gasteiger partial charge in [-0.3, -0.25) is 0 Å². The van der Waals surface area contributed by atoms with E-state index in [9.17, 15) is 13.5 Å². The van der Waals surface area contributed by atoms with Crippen molar-refractivity contribution in [3.8, 4) is 0 Å². The first-order valence-electron chi connectivity index (χ1n) is 6.18. The molecule has 21 heavy (non-hydrogen) atoms. The molecular formula is C11H14BrN5O3S. The SMILES string of the molecule is CS(=O)(=O)N1CCC(O)(c2cc(Br)c3c(N)ncnn23)C1. The number of hydrogen-bond acceptors (Lipinski definition) is 6. The van der Waals surface area contributed by atoms with E-state index in [-0.39, 0.29) is 18.9 Å². The highest BCUT2D eigenvalue weighted by atomic mass is 79.9. The van der Waals surface area contributed by atoms with Crippen LogP contribution < -0.4 is 5.73 Å². The molecule has 2 aromatic heterocycles. The van der Waals surface area contributed by atoms with Gasteiger partial charge in [0.15, 0.2) is 5.82 Å². The second kappa shape index (κ2) is 4.63. The average Bonchev–Trinajstić information content (AvgIpc) is 2.93. The Morgan fingerprint density at radius 1 is 1.52 bits per heavy atom. The summed E-state index contributed by atoms with van der Waals surface area (Å²) in [6.07, 6.45) is 2.72. The molecule has 0 aromatic carbocycles. The molecule has 3 N–H and O–H groups in total. The van der Waals surface area contributed by atoms with Gasteiger partial charge in [-0.15, -0.1) is 0 Å². The normalized spacial score (nSPS) is 24.0. The molecule has 114 valence electrons. The number of β-amino-alcohol motifs (C(OH)–C–C–N with tert-alkyl or cyclic N) is 1. The molecule has 0 spiro atoms. The van der Waals surface area contributed by atoms with E-state index >= 15 is 0 Å². The van der Waals surface area contributed by atoms with Gasteiger partial charge in [-0.25, -0.2) is 17.9 Å². The number of fused-ring (bicyclic) bond motifs is 1. The van der Waals surface area contributed by atoms with Crippen LogP contribution in [0.1, 0.15) is 12.1 Å². The quantitative estimate of drug-likeness (QED) is 0.758. The molecule has 1 aliphatic rings. The fraction of sp³-hybridized carbons (Fsp3) is 0.455. The highest BCUT2D eigenvalue weighted by molar-refractivity contribution is 9.10. The van der Waals surface area contributed by atoms with Crippen molar-refractivity contribution in [3.63, 3.8) is 0 Å². The predicted octanol–water partition coefficient (Wildman–Crippen LogP) is -0.0731. The second-order valence-corrected chi connectivity index (χ2v) is 8.00. The largest absolute Gasteiger partial charge is 0.382 e. The van der Waals surface area contributed by atoms with Crippen LogP contribution in [-0.4, -0.2) is 51.8 Å². The lowest BCUT2D eigenvalue weighted by Crippen LogP contribution is -2.34. The van der Waals surface area contributed by atoms with E-state index in [0.717, 1.165) is 6.26 Å². The molecule has 10 heteroatoms. The van der Waals surface area contributed by atoms with Crippen LogP contribution in [0.2, 0.25) is 0 Å². The Hall–Kier alpha value is -1.23. The first-order chi connectivity index (χ1) is 9.72. The molecule has 0 amide bonds. The molecule has 1 unspecified atom stereocenters. The minimum Gasteiger partial charge on any atom is -0.382 e. The Bertz CT molecular complexity index is 821. The van der Waals surface area contributed by atoms with Crippen LogP contribution in [-0.2, 0) is 15.6 Å². The van der Waals surface area contributed by atoms with Crippen molar-refractivity contribution in [3.05, 3.63) is 22.6 Å². The van der Waals surface area contributed by atoms with Crippen molar-refractivity contribution in [1.29, 1.82) is 0 Å². The number of aromatic nitrogens is 3. The van der Waals surface area contributed by atoms with Crippen LogP contribution in [0, 0.1) is 0 Å². The highest BCUT2D eigenvalue weighted by Gasteiger charge is 2.43. The van der Waals surface area contributed by atoms with Gasteiger partial charge in [-0.2, -0.15) is 9.40 Å². The van der Waals surface area contributed by atoms with Crippen LogP contribution >= 0.6 is 15.9 Å². The van der Waals surface area contributed by atoms with Gasteiger partial charge in [0.25, 0.3) is 0 Å². The molecule has 0 saturated carbocycles. The van der Waals surface area contributed by atoms with Crippen LogP contribution in [0.25, 0.3) is 5.52 Å². The number of nitrogen functional groups attached to an aromatic ring is 1. The van der Waals surface area contributed by atoms with E-state index in [0.29, 0.717) is 22.1 Å². The highest BCUT2D eigenvalue weighted by Crippen LogP contribution is 2.37. The summed E-state index contributed by atoms with van der Waals surface area (Å²) in [7, 11) is -3.34. The summed E-state index contributed by atoms with van der Waals surface area (Å²) in [6.45, 7) is 0.259. The second-order valence-electron chi connectivity index (χ2n) is 5.16. The van der Waals surface area contributed by atoms with E-state index in [1.807, 2.05) is 0 Å². The maximum Gasteiger partial charge on any atom is 0.211 e. The van der Waals surface area contributed by atoms with E-state index in [1.165, 1.54) is 15.1 Å². The zero-order chi connectivity index (χ0) is 15.4. The van der Waals surface area contributed by atoms with Gasteiger partial charge >= 0.3 is 0 Å². The number of nitrogens with two attached hydrogens (primary N) is 1. The van der Waals surface area contributed by atoms with Gasteiger partial charge in [0.05, 0.1) is 11.9 Å². The number of sulfonamides is 1. The Balaban J connectivity index is 2.12. The smallest absolute Gasteiger partial charge is 0.211 e. The Kier molecular flexibility index (Phi) is 3.24. The van der Waals surface area contributed by atoms with Gasteiger partial charge in [-0.05, 0) is 28.4 Å². The standard InChI is InChI=1S/C11H14BrN5O3S/c1-21(19,20)16-3-2-11(18,5-16)8-4-7(12)9-10(13)14-6-15-17(8)9/h4,6,18H,2-3,5H2,1H3,(H2,13,14,15).